The van der Waals surface area contributed by atoms with Crippen molar-refractivity contribution in [1.29, 1.82) is 0 Å². The van der Waals surface area contributed by atoms with Crippen LogP contribution in [0.4, 0.5) is 43.7 Å². The summed E-state index contributed by atoms with van der Waals surface area (Å²) in [5.41, 5.74) is 2.83. The topological polar surface area (TPSA) is 104 Å². The molecule has 4 aromatic rings. The third kappa shape index (κ3) is 6.23. The van der Waals surface area contributed by atoms with Crippen LogP contribution in [0.1, 0.15) is 11.4 Å². The summed E-state index contributed by atoms with van der Waals surface area (Å²) in [5.74, 6) is 2.11. The Morgan fingerprint density at radius 1 is 0.758 bits per heavy atom. The van der Waals surface area contributed by atoms with Crippen molar-refractivity contribution in [3.05, 3.63) is 90.1 Å². The molecule has 0 unspecified atom stereocenters. The Morgan fingerprint density at radius 2 is 1.45 bits per heavy atom. The van der Waals surface area contributed by atoms with Gasteiger partial charge in [-0.3, -0.25) is 0 Å². The van der Waals surface area contributed by atoms with E-state index in [1.165, 1.54) is 18.2 Å². The van der Waals surface area contributed by atoms with E-state index in [1.807, 2.05) is 38.1 Å². The van der Waals surface area contributed by atoms with E-state index in [0.29, 0.717) is 34.7 Å². The number of hydrogen-bond donors (Lipinski definition) is 4. The molecule has 0 bridgehead atoms. The minimum Gasteiger partial charge on any atom is -0.340 e. The zero-order chi connectivity index (χ0) is 23.2. The van der Waals surface area contributed by atoms with Crippen LogP contribution in [0.2, 0.25) is 0 Å². The molecule has 0 aliphatic heterocycles. The normalized spacial score (nSPS) is 10.4. The molecule has 2 aromatic carbocycles. The van der Waals surface area contributed by atoms with Crippen molar-refractivity contribution in [2.75, 3.05) is 21.3 Å². The number of hydrogen-bond acceptors (Lipinski definition) is 6. The summed E-state index contributed by atoms with van der Waals surface area (Å²) in [6.45, 7) is 3.80. The van der Waals surface area contributed by atoms with Gasteiger partial charge in [-0.1, -0.05) is 6.07 Å². The highest BCUT2D eigenvalue weighted by Gasteiger charge is 2.06. The minimum atomic E-state index is -0.465. The van der Waals surface area contributed by atoms with Crippen LogP contribution >= 0.6 is 0 Å². The lowest BCUT2D eigenvalue weighted by molar-refractivity contribution is 0.262. The summed E-state index contributed by atoms with van der Waals surface area (Å²) in [6.07, 6.45) is 1.73. The van der Waals surface area contributed by atoms with E-state index in [0.717, 1.165) is 11.3 Å². The molecule has 9 heteroatoms. The number of aromatic nitrogens is 3. The fraction of sp³-hybridized carbons (Fsp3) is 0.0833. The van der Waals surface area contributed by atoms with E-state index >= 15 is 0 Å². The van der Waals surface area contributed by atoms with Gasteiger partial charge in [-0.2, -0.15) is 0 Å². The molecule has 0 saturated heterocycles. The smallest absolute Gasteiger partial charge is 0.323 e. The van der Waals surface area contributed by atoms with Gasteiger partial charge in [0.2, 0.25) is 0 Å². The number of nitrogens with zero attached hydrogens (tertiary/aromatic N) is 3. The highest BCUT2D eigenvalue weighted by molar-refractivity contribution is 5.99. The molecule has 2 amide bonds. The molecular weight excluding hydrogens is 421 g/mol. The summed E-state index contributed by atoms with van der Waals surface area (Å²) >= 11 is 0. The molecule has 0 aliphatic rings. The van der Waals surface area contributed by atoms with Gasteiger partial charge in [0.15, 0.2) is 0 Å². The summed E-state index contributed by atoms with van der Waals surface area (Å²) in [7, 11) is 0. The molecule has 0 atom stereocenters. The van der Waals surface area contributed by atoms with Crippen molar-refractivity contribution in [3.8, 4) is 0 Å². The summed E-state index contributed by atoms with van der Waals surface area (Å²) < 4.78 is 13.2. The van der Waals surface area contributed by atoms with Crippen molar-refractivity contribution in [3.63, 3.8) is 0 Å². The zero-order valence-corrected chi connectivity index (χ0v) is 18.1. The highest BCUT2D eigenvalue weighted by atomic mass is 19.1. The number of halogens is 1. The second-order valence-corrected chi connectivity index (χ2v) is 7.32. The number of aryl methyl sites for hydroxylation is 2. The number of carbonyl (C=O) groups excluding carboxylic acids is 1. The number of carbonyl (C=O) groups is 1. The van der Waals surface area contributed by atoms with Crippen LogP contribution in [0.5, 0.6) is 0 Å². The maximum Gasteiger partial charge on any atom is 0.323 e. The number of urea groups is 1. The summed E-state index contributed by atoms with van der Waals surface area (Å²) in [6, 6.07) is 18.0. The van der Waals surface area contributed by atoms with E-state index in [9.17, 15) is 9.18 Å². The number of pyridine rings is 1. The first kappa shape index (κ1) is 21.7. The Balaban J connectivity index is 1.39. The molecule has 4 rings (SSSR count). The van der Waals surface area contributed by atoms with Gasteiger partial charge < -0.3 is 21.3 Å². The third-order valence-electron chi connectivity index (χ3n) is 4.51. The molecule has 33 heavy (non-hydrogen) atoms. The number of anilines is 6. The lowest BCUT2D eigenvalue weighted by Crippen LogP contribution is -2.19. The predicted molar refractivity (Wildman–Crippen MR) is 128 cm³/mol. The van der Waals surface area contributed by atoms with E-state index in [-0.39, 0.29) is 0 Å². The van der Waals surface area contributed by atoms with Gasteiger partial charge in [0, 0.05) is 29.3 Å². The van der Waals surface area contributed by atoms with Gasteiger partial charge >= 0.3 is 6.03 Å². The van der Waals surface area contributed by atoms with Crippen LogP contribution in [0.3, 0.4) is 0 Å². The van der Waals surface area contributed by atoms with Crippen molar-refractivity contribution in [2.24, 2.45) is 0 Å². The van der Waals surface area contributed by atoms with Crippen LogP contribution in [0.15, 0.2) is 72.9 Å². The minimum absolute atomic E-state index is 0.371. The number of amides is 2. The van der Waals surface area contributed by atoms with Gasteiger partial charge in [-0.05, 0) is 74.0 Å². The van der Waals surface area contributed by atoms with Crippen molar-refractivity contribution in [2.45, 2.75) is 13.8 Å². The third-order valence-corrected chi connectivity index (χ3v) is 4.51. The SMILES string of the molecule is Cc1ccnc(Nc2cc(Nc3ccc(NC(=O)Nc4cccc(F)c4)cc3)nc(C)n2)c1. The Labute approximate surface area is 190 Å². The highest BCUT2D eigenvalue weighted by Crippen LogP contribution is 2.21. The zero-order valence-electron chi connectivity index (χ0n) is 18.1. The van der Waals surface area contributed by atoms with Gasteiger partial charge in [0.25, 0.3) is 0 Å². The van der Waals surface area contributed by atoms with Crippen molar-refractivity contribution < 1.29 is 9.18 Å². The van der Waals surface area contributed by atoms with Crippen LogP contribution in [0.25, 0.3) is 0 Å². The Kier molecular flexibility index (Phi) is 6.40. The molecule has 0 spiro atoms. The van der Waals surface area contributed by atoms with E-state index < -0.39 is 11.8 Å². The molecule has 0 radical (unpaired) electrons. The van der Waals surface area contributed by atoms with Crippen molar-refractivity contribution >= 4 is 40.5 Å². The van der Waals surface area contributed by atoms with Crippen LogP contribution in [0, 0.1) is 19.7 Å². The fourth-order valence-corrected chi connectivity index (χ4v) is 3.08. The van der Waals surface area contributed by atoms with Crippen LogP contribution in [-0.2, 0) is 0 Å². The molecule has 0 fully saturated rings. The standard InChI is InChI=1S/C24H22FN7O/c1-15-10-11-26-21(12-15)32-23-14-22(27-16(2)28-23)29-18-6-8-19(9-7-18)30-24(33)31-20-5-3-4-17(25)13-20/h3-14H,1-2H3,(H2,30,31,33)(H2,26,27,28,29,32). The van der Waals surface area contributed by atoms with Crippen LogP contribution in [-0.4, -0.2) is 21.0 Å². The Morgan fingerprint density at radius 3 is 2.18 bits per heavy atom. The summed E-state index contributed by atoms with van der Waals surface area (Å²) in [4.78, 5) is 25.2. The molecule has 8 nitrogen and oxygen atoms in total. The molecule has 4 N–H and O–H groups in total. The lowest BCUT2D eigenvalue weighted by Gasteiger charge is -2.11. The first-order chi connectivity index (χ1) is 15.9. The first-order valence-electron chi connectivity index (χ1n) is 10.2. The van der Waals surface area contributed by atoms with E-state index in [2.05, 4.69) is 36.2 Å². The molecule has 2 heterocycles. The Bertz CT molecular complexity index is 1280. The maximum absolute atomic E-state index is 13.2. The lowest BCUT2D eigenvalue weighted by atomic mass is 10.2. The second kappa shape index (κ2) is 9.73. The van der Waals surface area contributed by atoms with Gasteiger partial charge in [0.05, 0.1) is 0 Å². The molecule has 0 saturated carbocycles. The molecule has 0 aliphatic carbocycles. The maximum atomic E-state index is 13.2. The van der Waals surface area contributed by atoms with E-state index in [1.54, 1.807) is 30.5 Å². The van der Waals surface area contributed by atoms with Gasteiger partial charge in [-0.15, -0.1) is 0 Å². The van der Waals surface area contributed by atoms with Crippen LogP contribution < -0.4 is 21.3 Å². The van der Waals surface area contributed by atoms with Gasteiger partial charge in [0.1, 0.15) is 29.1 Å². The first-order valence-corrected chi connectivity index (χ1v) is 10.2. The summed E-state index contributed by atoms with van der Waals surface area (Å²) in [5, 5.41) is 11.7. The monoisotopic (exact) mass is 443 g/mol. The largest absolute Gasteiger partial charge is 0.340 e. The molecule has 166 valence electrons. The fourth-order valence-electron chi connectivity index (χ4n) is 3.08. The average Bonchev–Trinajstić information content (AvgIpc) is 2.75. The Hall–Kier alpha value is -4.53. The number of nitrogens with one attached hydrogen (secondary N) is 4. The number of rotatable bonds is 6. The molecule has 2 aromatic heterocycles. The van der Waals surface area contributed by atoms with E-state index in [4.69, 9.17) is 0 Å². The average molecular weight is 443 g/mol. The second-order valence-electron chi connectivity index (χ2n) is 7.32. The predicted octanol–water partition coefficient (Wildman–Crippen LogP) is 5.76. The van der Waals surface area contributed by atoms with Gasteiger partial charge in [-0.25, -0.2) is 24.1 Å². The quantitative estimate of drug-likeness (QED) is 0.302. The van der Waals surface area contributed by atoms with Crippen molar-refractivity contribution in [1.82, 2.24) is 15.0 Å². The molecular formula is C24H22FN7O. The number of benzene rings is 2.